The minimum Gasteiger partial charge on any atom is -0.397 e. The topological polar surface area (TPSA) is 38.9 Å². The number of rotatable bonds is 3. The predicted octanol–water partition coefficient (Wildman–Crippen LogP) is 4.03. The summed E-state index contributed by atoms with van der Waals surface area (Å²) in [6.07, 6.45) is 0. The molecule has 1 heterocycles. The molecule has 0 aliphatic heterocycles. The fraction of sp³-hybridized carbons (Fsp3) is 0.154. The van der Waals surface area contributed by atoms with E-state index in [1.54, 1.807) is 11.8 Å². The van der Waals surface area contributed by atoms with Gasteiger partial charge in [-0.15, -0.1) is 11.8 Å². The zero-order valence-corrected chi connectivity index (χ0v) is 11.9. The van der Waals surface area contributed by atoms with E-state index in [1.807, 2.05) is 12.1 Å². The Bertz CT molecular complexity index is 511. The number of nitrogens with two attached hydrogens (primary N) is 1. The van der Waals surface area contributed by atoms with Gasteiger partial charge in [0.15, 0.2) is 0 Å². The number of nitrogens with zero attached hydrogens (tertiary/aromatic N) is 1. The van der Waals surface area contributed by atoms with Crippen LogP contribution in [0.3, 0.4) is 0 Å². The third-order valence-electron chi connectivity index (χ3n) is 2.37. The van der Waals surface area contributed by atoms with Gasteiger partial charge in [0.2, 0.25) is 0 Å². The van der Waals surface area contributed by atoms with E-state index in [0.29, 0.717) is 0 Å². The summed E-state index contributed by atoms with van der Waals surface area (Å²) in [7, 11) is 0. The molecule has 2 N–H and O–H groups in total. The van der Waals surface area contributed by atoms with E-state index in [-0.39, 0.29) is 0 Å². The molecule has 0 unspecified atom stereocenters. The molecule has 0 spiro atoms. The molecule has 1 aromatic carbocycles. The van der Waals surface area contributed by atoms with Crippen molar-refractivity contribution in [3.63, 3.8) is 0 Å². The van der Waals surface area contributed by atoms with E-state index in [9.17, 15) is 0 Å². The van der Waals surface area contributed by atoms with Crippen LogP contribution in [0, 0.1) is 6.92 Å². The molecule has 2 nitrogen and oxygen atoms in total. The number of benzene rings is 1. The Morgan fingerprint density at radius 1 is 1.18 bits per heavy atom. The third kappa shape index (κ3) is 3.48. The Morgan fingerprint density at radius 2 is 1.88 bits per heavy atom. The SMILES string of the molecule is Cc1ccc(SCc2nc(Br)ccc2N)cc1. The van der Waals surface area contributed by atoms with Crippen molar-refractivity contribution in [2.45, 2.75) is 17.6 Å². The van der Waals surface area contributed by atoms with Gasteiger partial charge >= 0.3 is 0 Å². The summed E-state index contributed by atoms with van der Waals surface area (Å²) in [6.45, 7) is 2.09. The summed E-state index contributed by atoms with van der Waals surface area (Å²) in [6, 6.07) is 12.2. The van der Waals surface area contributed by atoms with E-state index in [0.717, 1.165) is 21.7 Å². The first kappa shape index (κ1) is 12.5. The van der Waals surface area contributed by atoms with Crippen molar-refractivity contribution in [3.05, 3.63) is 52.3 Å². The molecule has 0 fully saturated rings. The van der Waals surface area contributed by atoms with Crippen LogP contribution in [-0.2, 0) is 5.75 Å². The van der Waals surface area contributed by atoms with Crippen LogP contribution in [0.4, 0.5) is 5.69 Å². The zero-order valence-electron chi connectivity index (χ0n) is 9.48. The molecule has 0 amide bonds. The summed E-state index contributed by atoms with van der Waals surface area (Å²) in [5, 5.41) is 0. The van der Waals surface area contributed by atoms with Crippen LogP contribution in [0.5, 0.6) is 0 Å². The molecule has 17 heavy (non-hydrogen) atoms. The number of halogens is 1. The van der Waals surface area contributed by atoms with Gasteiger partial charge in [-0.2, -0.15) is 0 Å². The highest BCUT2D eigenvalue weighted by Gasteiger charge is 2.03. The third-order valence-corrected chi connectivity index (χ3v) is 3.84. The Morgan fingerprint density at radius 3 is 2.59 bits per heavy atom. The van der Waals surface area contributed by atoms with Gasteiger partial charge in [-0.25, -0.2) is 4.98 Å². The van der Waals surface area contributed by atoms with Gasteiger partial charge < -0.3 is 5.73 Å². The first-order valence-corrected chi connectivity index (χ1v) is 7.03. The number of hydrogen-bond donors (Lipinski definition) is 1. The molecule has 0 aliphatic rings. The quantitative estimate of drug-likeness (QED) is 0.687. The summed E-state index contributed by atoms with van der Waals surface area (Å²) >= 11 is 5.10. The zero-order chi connectivity index (χ0) is 12.3. The highest BCUT2D eigenvalue weighted by molar-refractivity contribution is 9.10. The summed E-state index contributed by atoms with van der Waals surface area (Å²) in [5.74, 6) is 0.786. The highest BCUT2D eigenvalue weighted by Crippen LogP contribution is 2.25. The minimum atomic E-state index is 0.743. The summed E-state index contributed by atoms with van der Waals surface area (Å²) in [5.41, 5.74) is 8.82. The smallest absolute Gasteiger partial charge is 0.106 e. The molecule has 2 aromatic rings. The molecule has 0 bridgehead atoms. The molecular formula is C13H13BrN2S. The second kappa shape index (κ2) is 5.56. The summed E-state index contributed by atoms with van der Waals surface area (Å²) < 4.78 is 0.825. The second-order valence-electron chi connectivity index (χ2n) is 3.77. The molecule has 1 aromatic heterocycles. The average Bonchev–Trinajstić information content (AvgIpc) is 2.32. The first-order valence-electron chi connectivity index (χ1n) is 5.25. The minimum absolute atomic E-state index is 0.743. The lowest BCUT2D eigenvalue weighted by Crippen LogP contribution is -1.96. The lowest BCUT2D eigenvalue weighted by molar-refractivity contribution is 1.15. The van der Waals surface area contributed by atoms with E-state index in [4.69, 9.17) is 5.73 Å². The van der Waals surface area contributed by atoms with Gasteiger partial charge in [0.25, 0.3) is 0 Å². The van der Waals surface area contributed by atoms with Crippen LogP contribution in [0.15, 0.2) is 45.9 Å². The highest BCUT2D eigenvalue weighted by atomic mass is 79.9. The monoisotopic (exact) mass is 308 g/mol. The lowest BCUT2D eigenvalue weighted by atomic mass is 10.2. The van der Waals surface area contributed by atoms with Crippen molar-refractivity contribution in [3.8, 4) is 0 Å². The van der Waals surface area contributed by atoms with E-state index in [1.165, 1.54) is 10.5 Å². The fourth-order valence-electron chi connectivity index (χ4n) is 1.39. The predicted molar refractivity (Wildman–Crippen MR) is 77.1 cm³/mol. The van der Waals surface area contributed by atoms with Crippen molar-refractivity contribution in [2.24, 2.45) is 0 Å². The fourth-order valence-corrected chi connectivity index (χ4v) is 2.60. The first-order chi connectivity index (χ1) is 8.15. The van der Waals surface area contributed by atoms with Crippen LogP contribution in [-0.4, -0.2) is 4.98 Å². The van der Waals surface area contributed by atoms with Crippen LogP contribution < -0.4 is 5.73 Å². The van der Waals surface area contributed by atoms with Crippen molar-refractivity contribution in [1.29, 1.82) is 0 Å². The van der Waals surface area contributed by atoms with Crippen LogP contribution in [0.2, 0.25) is 0 Å². The van der Waals surface area contributed by atoms with Gasteiger partial charge in [-0.05, 0) is 47.1 Å². The van der Waals surface area contributed by atoms with Crippen LogP contribution in [0.1, 0.15) is 11.3 Å². The Kier molecular flexibility index (Phi) is 4.07. The van der Waals surface area contributed by atoms with Gasteiger partial charge in [-0.1, -0.05) is 17.7 Å². The van der Waals surface area contributed by atoms with Crippen molar-refractivity contribution < 1.29 is 0 Å². The molecular weight excluding hydrogens is 296 g/mol. The normalized spacial score (nSPS) is 10.5. The van der Waals surface area contributed by atoms with Crippen molar-refractivity contribution in [1.82, 2.24) is 4.98 Å². The number of thioether (sulfide) groups is 1. The molecule has 88 valence electrons. The number of pyridine rings is 1. The molecule has 0 radical (unpaired) electrons. The number of hydrogen-bond acceptors (Lipinski definition) is 3. The number of anilines is 1. The maximum Gasteiger partial charge on any atom is 0.106 e. The molecule has 0 saturated carbocycles. The largest absolute Gasteiger partial charge is 0.397 e. The van der Waals surface area contributed by atoms with E-state index < -0.39 is 0 Å². The standard InChI is InChI=1S/C13H13BrN2S/c1-9-2-4-10(5-3-9)17-8-12-11(15)6-7-13(14)16-12/h2-7H,8,15H2,1H3. The van der Waals surface area contributed by atoms with Gasteiger partial charge in [0, 0.05) is 10.6 Å². The number of aromatic nitrogens is 1. The van der Waals surface area contributed by atoms with Gasteiger partial charge in [-0.3, -0.25) is 0 Å². The van der Waals surface area contributed by atoms with Crippen LogP contribution in [0.25, 0.3) is 0 Å². The molecule has 4 heteroatoms. The number of nitrogen functional groups attached to an aromatic ring is 1. The van der Waals surface area contributed by atoms with Crippen molar-refractivity contribution >= 4 is 33.4 Å². The summed E-state index contributed by atoms with van der Waals surface area (Å²) in [4.78, 5) is 5.61. The van der Waals surface area contributed by atoms with Gasteiger partial charge in [0.05, 0.1) is 11.4 Å². The average molecular weight is 309 g/mol. The maximum absolute atomic E-state index is 5.88. The lowest BCUT2D eigenvalue weighted by Gasteiger charge is -2.05. The van der Waals surface area contributed by atoms with E-state index >= 15 is 0 Å². The Hall–Kier alpha value is -1.00. The van der Waals surface area contributed by atoms with Crippen molar-refractivity contribution in [2.75, 3.05) is 5.73 Å². The Labute approximate surface area is 114 Å². The molecule has 0 saturated heterocycles. The molecule has 2 rings (SSSR count). The molecule has 0 aliphatic carbocycles. The second-order valence-corrected chi connectivity index (χ2v) is 5.63. The van der Waals surface area contributed by atoms with Gasteiger partial charge in [0.1, 0.15) is 4.60 Å². The maximum atomic E-state index is 5.88. The number of aryl methyl sites for hydroxylation is 1. The van der Waals surface area contributed by atoms with Crippen LogP contribution >= 0.6 is 27.7 Å². The Balaban J connectivity index is 2.07. The van der Waals surface area contributed by atoms with E-state index in [2.05, 4.69) is 52.1 Å². The molecule has 0 atom stereocenters.